The monoisotopic (exact) mass is 471 g/mol. The lowest BCUT2D eigenvalue weighted by Gasteiger charge is -2.25. The molecule has 1 fully saturated rings. The second-order valence-corrected chi connectivity index (χ2v) is 8.23. The maximum Gasteiger partial charge on any atom is 0.355 e. The van der Waals surface area contributed by atoms with Crippen molar-refractivity contribution in [3.8, 4) is 0 Å². The third-order valence-electron chi connectivity index (χ3n) is 6.27. The molecule has 2 N–H and O–H groups in total. The first-order valence-electron chi connectivity index (χ1n) is 11.7. The highest BCUT2D eigenvalue weighted by Crippen LogP contribution is 2.41. The number of Topliss-reactive ketones (excluding diaryl/α,β-unsaturated/α-hetero) is 1. The lowest BCUT2D eigenvalue weighted by Crippen LogP contribution is -2.33. The summed E-state index contributed by atoms with van der Waals surface area (Å²) in [5.41, 5.74) is 1.39. The quantitative estimate of drug-likeness (QED) is 0.236. The van der Waals surface area contributed by atoms with Gasteiger partial charge in [0, 0.05) is 17.8 Å². The molecule has 1 atom stereocenters. The number of aliphatic hydroxyl groups is 1. The number of H-pyrrole nitrogens is 1. The molecule has 9 nitrogen and oxygen atoms in total. The maximum absolute atomic E-state index is 13.1. The van der Waals surface area contributed by atoms with Crippen molar-refractivity contribution >= 4 is 23.4 Å². The average molecular weight is 472 g/mol. The SMILES string of the molecule is CCOC(=O)c1[nH]c(C)c(C(O)=C2C(=O)C(=O)N(CCCN(CC)CC)C2c2ccco2)c1C. The van der Waals surface area contributed by atoms with Crippen molar-refractivity contribution in [2.45, 2.75) is 47.1 Å². The third-order valence-corrected chi connectivity index (χ3v) is 6.27. The smallest absolute Gasteiger partial charge is 0.355 e. The van der Waals surface area contributed by atoms with Crippen molar-refractivity contribution < 1.29 is 28.6 Å². The van der Waals surface area contributed by atoms with Gasteiger partial charge in [0.2, 0.25) is 0 Å². The Balaban J connectivity index is 2.05. The third kappa shape index (κ3) is 4.65. The molecular formula is C25H33N3O6. The van der Waals surface area contributed by atoms with Crippen LogP contribution in [0.5, 0.6) is 0 Å². The molecule has 34 heavy (non-hydrogen) atoms. The van der Waals surface area contributed by atoms with Crippen LogP contribution in [0.25, 0.3) is 5.76 Å². The van der Waals surface area contributed by atoms with Crippen LogP contribution in [0.15, 0.2) is 28.4 Å². The largest absolute Gasteiger partial charge is 0.507 e. The zero-order chi connectivity index (χ0) is 25.0. The Labute approximate surface area is 199 Å². The van der Waals surface area contributed by atoms with Crippen LogP contribution in [-0.2, 0) is 14.3 Å². The van der Waals surface area contributed by atoms with E-state index in [1.165, 1.54) is 11.2 Å². The lowest BCUT2D eigenvalue weighted by molar-refractivity contribution is -0.140. The number of likely N-dealkylation sites (tertiary alicyclic amines) is 1. The molecule has 1 aliphatic heterocycles. The molecule has 1 amide bonds. The normalized spacial score (nSPS) is 17.7. The van der Waals surface area contributed by atoms with Gasteiger partial charge in [-0.2, -0.15) is 0 Å². The Morgan fingerprint density at radius 3 is 2.53 bits per heavy atom. The van der Waals surface area contributed by atoms with Gasteiger partial charge in [0.1, 0.15) is 23.3 Å². The van der Waals surface area contributed by atoms with Gasteiger partial charge in [-0.1, -0.05) is 13.8 Å². The number of hydrogen-bond acceptors (Lipinski definition) is 7. The van der Waals surface area contributed by atoms with Gasteiger partial charge < -0.3 is 29.0 Å². The number of aromatic amines is 1. The van der Waals surface area contributed by atoms with Crippen molar-refractivity contribution in [1.82, 2.24) is 14.8 Å². The minimum absolute atomic E-state index is 0.0524. The summed E-state index contributed by atoms with van der Waals surface area (Å²) in [6.07, 6.45) is 2.14. The zero-order valence-corrected chi connectivity index (χ0v) is 20.4. The van der Waals surface area contributed by atoms with Gasteiger partial charge in [0.25, 0.3) is 11.7 Å². The minimum atomic E-state index is -0.855. The van der Waals surface area contributed by atoms with Crippen molar-refractivity contribution in [2.75, 3.05) is 32.8 Å². The summed E-state index contributed by atoms with van der Waals surface area (Å²) in [5.74, 6) is -1.96. The number of rotatable bonds is 10. The van der Waals surface area contributed by atoms with E-state index in [0.717, 1.165) is 19.6 Å². The molecule has 184 valence electrons. The van der Waals surface area contributed by atoms with Gasteiger partial charge >= 0.3 is 5.97 Å². The van der Waals surface area contributed by atoms with E-state index in [-0.39, 0.29) is 23.6 Å². The standard InChI is InChI=1S/C25H33N3O6/c1-6-27(7-2)12-10-13-28-21(17-11-9-14-34-17)19(23(30)24(28)31)22(29)18-15(4)20(26-16(18)5)25(32)33-8-3/h9,11,14,21,26,29H,6-8,10,12-13H2,1-5H3. The van der Waals surface area contributed by atoms with E-state index in [2.05, 4.69) is 23.7 Å². The lowest BCUT2D eigenvalue weighted by atomic mass is 9.97. The molecule has 2 aromatic heterocycles. The fourth-order valence-corrected chi connectivity index (χ4v) is 4.51. The molecule has 2 aromatic rings. The van der Waals surface area contributed by atoms with Crippen LogP contribution in [0, 0.1) is 13.8 Å². The summed E-state index contributed by atoms with van der Waals surface area (Å²) in [6, 6.07) is 2.51. The number of amides is 1. The first kappa shape index (κ1) is 25.3. The van der Waals surface area contributed by atoms with Gasteiger partial charge in [0.15, 0.2) is 0 Å². The van der Waals surface area contributed by atoms with Gasteiger partial charge in [0.05, 0.1) is 18.4 Å². The maximum atomic E-state index is 13.1. The number of aryl methyl sites for hydroxylation is 1. The number of esters is 1. The van der Waals surface area contributed by atoms with Crippen molar-refractivity contribution in [2.24, 2.45) is 0 Å². The van der Waals surface area contributed by atoms with Crippen molar-refractivity contribution in [1.29, 1.82) is 0 Å². The number of carbonyl (C=O) groups excluding carboxylic acids is 3. The summed E-state index contributed by atoms with van der Waals surface area (Å²) < 4.78 is 10.7. The number of carbonyl (C=O) groups is 3. The summed E-state index contributed by atoms with van der Waals surface area (Å²) in [5, 5.41) is 11.3. The van der Waals surface area contributed by atoms with E-state index in [1.807, 2.05) is 0 Å². The summed E-state index contributed by atoms with van der Waals surface area (Å²) >= 11 is 0. The van der Waals surface area contributed by atoms with E-state index in [9.17, 15) is 19.5 Å². The molecule has 1 unspecified atom stereocenters. The van der Waals surface area contributed by atoms with E-state index in [1.54, 1.807) is 32.9 Å². The van der Waals surface area contributed by atoms with E-state index < -0.39 is 23.7 Å². The predicted octanol–water partition coefficient (Wildman–Crippen LogP) is 3.55. The van der Waals surface area contributed by atoms with Crippen LogP contribution in [0.4, 0.5) is 0 Å². The molecule has 1 saturated heterocycles. The topological polar surface area (TPSA) is 116 Å². The first-order valence-corrected chi connectivity index (χ1v) is 11.7. The number of aromatic nitrogens is 1. The van der Waals surface area contributed by atoms with Crippen LogP contribution in [0.3, 0.4) is 0 Å². The number of hydrogen-bond donors (Lipinski definition) is 2. The van der Waals surface area contributed by atoms with Gasteiger partial charge in [-0.05, 0) is 64.5 Å². The molecule has 0 radical (unpaired) electrons. The fourth-order valence-electron chi connectivity index (χ4n) is 4.51. The van der Waals surface area contributed by atoms with E-state index in [0.29, 0.717) is 35.5 Å². The molecule has 1 aliphatic rings. The molecule has 3 heterocycles. The molecule has 0 bridgehead atoms. The number of nitrogens with zero attached hydrogens (tertiary/aromatic N) is 2. The molecule has 0 aliphatic carbocycles. The van der Waals surface area contributed by atoms with Crippen LogP contribution < -0.4 is 0 Å². The second-order valence-electron chi connectivity index (χ2n) is 8.23. The Morgan fingerprint density at radius 2 is 1.94 bits per heavy atom. The molecular weight excluding hydrogens is 438 g/mol. The minimum Gasteiger partial charge on any atom is -0.507 e. The molecule has 3 rings (SSSR count). The molecule has 0 aromatic carbocycles. The fraction of sp³-hybridized carbons (Fsp3) is 0.480. The van der Waals surface area contributed by atoms with Gasteiger partial charge in [-0.25, -0.2) is 4.79 Å². The van der Waals surface area contributed by atoms with Gasteiger partial charge in [-0.15, -0.1) is 0 Å². The Bertz CT molecular complexity index is 1080. The Hall–Kier alpha value is -3.33. The van der Waals surface area contributed by atoms with E-state index >= 15 is 0 Å². The van der Waals surface area contributed by atoms with Crippen LogP contribution in [-0.4, -0.2) is 70.3 Å². The Morgan fingerprint density at radius 1 is 1.24 bits per heavy atom. The van der Waals surface area contributed by atoms with Crippen molar-refractivity contribution in [3.63, 3.8) is 0 Å². The highest BCUT2D eigenvalue weighted by atomic mass is 16.5. The number of aliphatic hydroxyl groups excluding tert-OH is 1. The van der Waals surface area contributed by atoms with Crippen LogP contribution in [0.2, 0.25) is 0 Å². The Kier molecular flexibility index (Phi) is 7.98. The predicted molar refractivity (Wildman–Crippen MR) is 126 cm³/mol. The second kappa shape index (κ2) is 10.7. The summed E-state index contributed by atoms with van der Waals surface area (Å²) in [6.45, 7) is 12.3. The number of nitrogens with one attached hydrogen (secondary N) is 1. The molecule has 0 spiro atoms. The van der Waals surface area contributed by atoms with Gasteiger partial charge in [-0.3, -0.25) is 9.59 Å². The molecule has 9 heteroatoms. The number of ketones is 1. The number of ether oxygens (including phenoxy) is 1. The van der Waals surface area contributed by atoms with Crippen LogP contribution in [0.1, 0.15) is 66.3 Å². The van der Waals surface area contributed by atoms with E-state index in [4.69, 9.17) is 9.15 Å². The molecule has 0 saturated carbocycles. The summed E-state index contributed by atoms with van der Waals surface area (Å²) in [7, 11) is 0. The first-order chi connectivity index (χ1) is 16.3. The van der Waals surface area contributed by atoms with Crippen molar-refractivity contribution in [3.05, 3.63) is 52.2 Å². The average Bonchev–Trinajstić information content (AvgIpc) is 3.50. The highest BCUT2D eigenvalue weighted by molar-refractivity contribution is 6.46. The summed E-state index contributed by atoms with van der Waals surface area (Å²) in [4.78, 5) is 45.1. The zero-order valence-electron chi connectivity index (χ0n) is 20.4. The highest BCUT2D eigenvalue weighted by Gasteiger charge is 2.47. The van der Waals surface area contributed by atoms with Crippen LogP contribution >= 0.6 is 0 Å². The number of furan rings is 1.